The third-order valence-corrected chi connectivity index (χ3v) is 4.97. The molecular formula is C19H22N6O. The van der Waals surface area contributed by atoms with E-state index in [1.54, 1.807) is 17.0 Å². The number of piperidine rings is 1. The van der Waals surface area contributed by atoms with Crippen LogP contribution in [-0.4, -0.2) is 48.0 Å². The molecule has 0 radical (unpaired) electrons. The molecule has 1 amide bonds. The number of aryl methyl sites for hydroxylation is 1. The number of rotatable bonds is 4. The van der Waals surface area contributed by atoms with Crippen LogP contribution < -0.4 is 0 Å². The molecule has 0 N–H and O–H groups in total. The van der Waals surface area contributed by atoms with Gasteiger partial charge in [0.15, 0.2) is 5.82 Å². The molecule has 1 aliphatic heterocycles. The van der Waals surface area contributed by atoms with Gasteiger partial charge in [-0.15, -0.1) is 0 Å². The van der Waals surface area contributed by atoms with Gasteiger partial charge in [0.05, 0.1) is 12.2 Å². The molecule has 134 valence electrons. The predicted molar refractivity (Wildman–Crippen MR) is 96.7 cm³/mol. The number of carbonyl (C=O) groups is 1. The molecule has 26 heavy (non-hydrogen) atoms. The van der Waals surface area contributed by atoms with Crippen molar-refractivity contribution in [3.05, 3.63) is 66.5 Å². The summed E-state index contributed by atoms with van der Waals surface area (Å²) in [4.78, 5) is 27.6. The van der Waals surface area contributed by atoms with E-state index < -0.39 is 0 Å². The largest absolute Gasteiger partial charge is 0.336 e. The Bertz CT molecular complexity index is 876. The second-order valence-corrected chi connectivity index (χ2v) is 6.66. The highest BCUT2D eigenvalue weighted by Crippen LogP contribution is 2.27. The maximum absolute atomic E-state index is 12.6. The minimum absolute atomic E-state index is 0.00720. The summed E-state index contributed by atoms with van der Waals surface area (Å²) in [5.41, 5.74) is 1.02. The molecule has 0 bridgehead atoms. The van der Waals surface area contributed by atoms with Gasteiger partial charge in [-0.1, -0.05) is 6.07 Å². The van der Waals surface area contributed by atoms with Crippen LogP contribution >= 0.6 is 0 Å². The fourth-order valence-corrected chi connectivity index (χ4v) is 3.53. The van der Waals surface area contributed by atoms with Gasteiger partial charge in [-0.3, -0.25) is 9.78 Å². The molecule has 0 saturated carbocycles. The van der Waals surface area contributed by atoms with Crippen molar-refractivity contribution in [3.63, 3.8) is 0 Å². The molecule has 1 fully saturated rings. The Kier molecular flexibility index (Phi) is 4.51. The van der Waals surface area contributed by atoms with E-state index in [-0.39, 0.29) is 5.91 Å². The number of imidazole rings is 2. The predicted octanol–water partition coefficient (Wildman–Crippen LogP) is 2.08. The maximum Gasteiger partial charge on any atom is 0.289 e. The highest BCUT2D eigenvalue weighted by Gasteiger charge is 2.28. The molecule has 1 saturated heterocycles. The van der Waals surface area contributed by atoms with Crippen LogP contribution in [0.4, 0.5) is 0 Å². The first-order valence-electron chi connectivity index (χ1n) is 8.90. The van der Waals surface area contributed by atoms with Crippen LogP contribution in [0.2, 0.25) is 0 Å². The van der Waals surface area contributed by atoms with Crippen LogP contribution in [0.25, 0.3) is 0 Å². The molecule has 0 aromatic carbocycles. The molecule has 0 atom stereocenters. The lowest BCUT2D eigenvalue weighted by Crippen LogP contribution is -2.39. The number of hydrogen-bond acceptors (Lipinski definition) is 4. The Labute approximate surface area is 152 Å². The van der Waals surface area contributed by atoms with Gasteiger partial charge >= 0.3 is 0 Å². The summed E-state index contributed by atoms with van der Waals surface area (Å²) < 4.78 is 3.94. The summed E-state index contributed by atoms with van der Waals surface area (Å²) in [6, 6.07) is 5.95. The lowest BCUT2D eigenvalue weighted by Gasteiger charge is -2.31. The Morgan fingerprint density at radius 2 is 1.88 bits per heavy atom. The van der Waals surface area contributed by atoms with E-state index in [9.17, 15) is 4.79 Å². The molecule has 1 aliphatic rings. The van der Waals surface area contributed by atoms with Crippen LogP contribution in [-0.2, 0) is 13.6 Å². The third kappa shape index (κ3) is 3.24. The minimum Gasteiger partial charge on any atom is -0.336 e. The van der Waals surface area contributed by atoms with E-state index >= 15 is 0 Å². The monoisotopic (exact) mass is 350 g/mol. The van der Waals surface area contributed by atoms with Gasteiger partial charge in [0, 0.05) is 57.0 Å². The zero-order valence-electron chi connectivity index (χ0n) is 14.8. The molecule has 0 aliphatic carbocycles. The van der Waals surface area contributed by atoms with Crippen LogP contribution in [0, 0.1) is 0 Å². The van der Waals surface area contributed by atoms with Crippen molar-refractivity contribution >= 4 is 5.91 Å². The second kappa shape index (κ2) is 7.11. The van der Waals surface area contributed by atoms with Gasteiger partial charge < -0.3 is 14.0 Å². The first-order valence-corrected chi connectivity index (χ1v) is 8.90. The number of nitrogens with zero attached hydrogens (tertiary/aromatic N) is 6. The highest BCUT2D eigenvalue weighted by molar-refractivity contribution is 5.90. The van der Waals surface area contributed by atoms with Gasteiger partial charge in [-0.25, -0.2) is 9.97 Å². The van der Waals surface area contributed by atoms with E-state index in [0.717, 1.165) is 44.0 Å². The molecule has 4 heterocycles. The summed E-state index contributed by atoms with van der Waals surface area (Å²) in [7, 11) is 1.85. The van der Waals surface area contributed by atoms with Crippen LogP contribution in [0.5, 0.6) is 0 Å². The Balaban J connectivity index is 1.42. The van der Waals surface area contributed by atoms with Crippen molar-refractivity contribution in [3.8, 4) is 0 Å². The molecule has 0 spiro atoms. The van der Waals surface area contributed by atoms with Crippen LogP contribution in [0.15, 0.2) is 49.2 Å². The van der Waals surface area contributed by atoms with E-state index in [2.05, 4.69) is 19.5 Å². The van der Waals surface area contributed by atoms with E-state index in [0.29, 0.717) is 11.7 Å². The molecule has 4 rings (SSSR count). The van der Waals surface area contributed by atoms with Gasteiger partial charge in [0.25, 0.3) is 5.91 Å². The van der Waals surface area contributed by atoms with Crippen LogP contribution in [0.3, 0.4) is 0 Å². The highest BCUT2D eigenvalue weighted by atomic mass is 16.2. The van der Waals surface area contributed by atoms with Gasteiger partial charge in [0.1, 0.15) is 5.82 Å². The topological polar surface area (TPSA) is 68.8 Å². The Morgan fingerprint density at radius 3 is 2.58 bits per heavy atom. The van der Waals surface area contributed by atoms with E-state index in [1.165, 1.54) is 0 Å². The van der Waals surface area contributed by atoms with Gasteiger partial charge in [-0.2, -0.15) is 0 Å². The fourth-order valence-electron chi connectivity index (χ4n) is 3.53. The van der Waals surface area contributed by atoms with Crippen molar-refractivity contribution in [2.24, 2.45) is 7.05 Å². The molecule has 7 heteroatoms. The van der Waals surface area contributed by atoms with Gasteiger partial charge in [0.2, 0.25) is 0 Å². The zero-order chi connectivity index (χ0) is 17.9. The maximum atomic E-state index is 12.6. The molecular weight excluding hydrogens is 328 g/mol. The average Bonchev–Trinajstić information content (AvgIpc) is 3.31. The lowest BCUT2D eigenvalue weighted by atomic mass is 9.95. The van der Waals surface area contributed by atoms with Crippen molar-refractivity contribution < 1.29 is 4.79 Å². The fraction of sp³-hybridized carbons (Fsp3) is 0.368. The zero-order valence-corrected chi connectivity index (χ0v) is 14.8. The summed E-state index contributed by atoms with van der Waals surface area (Å²) in [6.07, 6.45) is 11.0. The Morgan fingerprint density at radius 1 is 1.08 bits per heavy atom. The number of aromatic nitrogens is 5. The molecule has 0 unspecified atom stereocenters. The first-order chi connectivity index (χ1) is 12.7. The Hall–Kier alpha value is -2.96. The normalized spacial score (nSPS) is 15.3. The van der Waals surface area contributed by atoms with Crippen molar-refractivity contribution in [1.82, 2.24) is 29.0 Å². The van der Waals surface area contributed by atoms with Crippen molar-refractivity contribution in [2.75, 3.05) is 13.1 Å². The molecule has 3 aromatic rings. The summed E-state index contributed by atoms with van der Waals surface area (Å²) in [5.74, 6) is 1.95. The quantitative estimate of drug-likeness (QED) is 0.722. The minimum atomic E-state index is 0.00720. The summed E-state index contributed by atoms with van der Waals surface area (Å²) in [5, 5.41) is 0. The third-order valence-electron chi connectivity index (χ3n) is 4.97. The number of pyridine rings is 1. The average molecular weight is 350 g/mol. The SMILES string of the molecule is Cn1ccnc1C(=O)N1CCC(c2nccn2Cc2ccccn2)CC1. The number of hydrogen-bond donors (Lipinski definition) is 0. The number of amides is 1. The first kappa shape index (κ1) is 16.5. The van der Waals surface area contributed by atoms with Crippen molar-refractivity contribution in [2.45, 2.75) is 25.3 Å². The number of likely N-dealkylation sites (tertiary alicyclic amines) is 1. The standard InChI is InChI=1S/C19H22N6O/c1-23-12-8-22-18(23)19(26)24-10-5-15(6-11-24)17-21-9-13-25(17)14-16-4-2-3-7-20-16/h2-4,7-9,12-13,15H,5-6,10-11,14H2,1H3. The summed E-state index contributed by atoms with van der Waals surface area (Å²) in [6.45, 7) is 2.18. The van der Waals surface area contributed by atoms with E-state index in [1.807, 2.05) is 48.7 Å². The van der Waals surface area contributed by atoms with E-state index in [4.69, 9.17) is 0 Å². The molecule has 7 nitrogen and oxygen atoms in total. The summed E-state index contributed by atoms with van der Waals surface area (Å²) >= 11 is 0. The smallest absolute Gasteiger partial charge is 0.289 e. The van der Waals surface area contributed by atoms with Crippen molar-refractivity contribution in [1.29, 1.82) is 0 Å². The van der Waals surface area contributed by atoms with Gasteiger partial charge in [-0.05, 0) is 25.0 Å². The van der Waals surface area contributed by atoms with Crippen LogP contribution in [0.1, 0.15) is 40.9 Å². The second-order valence-electron chi connectivity index (χ2n) is 6.66. The lowest BCUT2D eigenvalue weighted by molar-refractivity contribution is 0.0694. The number of carbonyl (C=O) groups excluding carboxylic acids is 1. The molecule has 3 aromatic heterocycles.